The number of benzene rings is 2. The summed E-state index contributed by atoms with van der Waals surface area (Å²) in [7, 11) is 0. The van der Waals surface area contributed by atoms with Crippen LogP contribution in [0.4, 0.5) is 0 Å². The lowest BCUT2D eigenvalue weighted by Gasteiger charge is -2.19. The van der Waals surface area contributed by atoms with E-state index in [0.29, 0.717) is 5.56 Å². The number of ether oxygens (including phenoxy) is 1. The Morgan fingerprint density at radius 2 is 1.67 bits per heavy atom. The molecule has 0 amide bonds. The fourth-order valence-corrected chi connectivity index (χ4v) is 3.00. The van der Waals surface area contributed by atoms with Crippen LogP contribution >= 0.6 is 0 Å². The maximum Gasteiger partial charge on any atom is 0.338 e. The Labute approximate surface area is 161 Å². The van der Waals surface area contributed by atoms with Crippen molar-refractivity contribution < 1.29 is 9.53 Å². The molecule has 0 bridgehead atoms. The van der Waals surface area contributed by atoms with Crippen LogP contribution in [-0.4, -0.2) is 21.5 Å². The number of esters is 1. The number of hydrogen-bond acceptors (Lipinski definition) is 3. The van der Waals surface area contributed by atoms with Gasteiger partial charge in [-0.05, 0) is 56.4 Å². The lowest BCUT2D eigenvalue weighted by atomic mass is 9.88. The van der Waals surface area contributed by atoms with E-state index in [-0.39, 0.29) is 11.4 Å². The minimum absolute atomic E-state index is 0.263. The first-order valence-corrected chi connectivity index (χ1v) is 9.33. The van der Waals surface area contributed by atoms with Crippen LogP contribution < -0.4 is 0 Å². The number of rotatable bonds is 3. The molecule has 0 fully saturated rings. The summed E-state index contributed by atoms with van der Waals surface area (Å²) < 4.78 is 5.44. The van der Waals surface area contributed by atoms with Crippen molar-refractivity contribution in [1.82, 2.24) is 9.97 Å². The minimum Gasteiger partial charge on any atom is -0.456 e. The Morgan fingerprint density at radius 1 is 1.00 bits per heavy atom. The molecule has 1 N–H and O–H groups in total. The first-order valence-electron chi connectivity index (χ1n) is 9.33. The number of H-pyrrole nitrogens is 1. The monoisotopic (exact) mass is 364 g/mol. The van der Waals surface area contributed by atoms with Gasteiger partial charge in [0.25, 0.3) is 0 Å². The zero-order valence-electron chi connectivity index (χ0n) is 17.0. The molecular formula is C23H28N2O2. The molecule has 0 atom stereocenters. The van der Waals surface area contributed by atoms with Gasteiger partial charge in [0.15, 0.2) is 0 Å². The van der Waals surface area contributed by atoms with E-state index in [1.165, 1.54) is 5.56 Å². The van der Waals surface area contributed by atoms with Crippen molar-refractivity contribution in [3.63, 3.8) is 0 Å². The van der Waals surface area contributed by atoms with Gasteiger partial charge in [-0.25, -0.2) is 9.78 Å². The number of fused-ring (bicyclic) bond motifs is 1. The van der Waals surface area contributed by atoms with Crippen molar-refractivity contribution in [2.45, 2.75) is 53.6 Å². The third kappa shape index (κ3) is 4.97. The molecule has 0 aliphatic heterocycles. The van der Waals surface area contributed by atoms with Crippen molar-refractivity contribution in [3.8, 4) is 11.4 Å². The van der Waals surface area contributed by atoms with Gasteiger partial charge in [-0.1, -0.05) is 45.0 Å². The Kier molecular flexibility index (Phi) is 4.85. The summed E-state index contributed by atoms with van der Waals surface area (Å²) in [5.74, 6) is 0.473. The van der Waals surface area contributed by atoms with Crippen molar-refractivity contribution in [2.24, 2.45) is 5.41 Å². The maximum atomic E-state index is 12.3. The first kappa shape index (κ1) is 19.2. The zero-order chi connectivity index (χ0) is 19.8. The topological polar surface area (TPSA) is 55.0 Å². The molecule has 0 spiro atoms. The van der Waals surface area contributed by atoms with Gasteiger partial charge < -0.3 is 9.72 Å². The highest BCUT2D eigenvalue weighted by Gasteiger charge is 2.18. The number of carbonyl (C=O) groups excluding carboxylic acids is 1. The smallest absolute Gasteiger partial charge is 0.338 e. The highest BCUT2D eigenvalue weighted by Crippen LogP contribution is 2.25. The van der Waals surface area contributed by atoms with E-state index in [0.717, 1.165) is 28.8 Å². The normalized spacial score (nSPS) is 12.4. The SMILES string of the molecule is CC(C)(C)Cc1ccc(-c2nc3ccc(C(=O)OC(C)(C)C)cc3[nH]2)cc1. The first-order chi connectivity index (χ1) is 12.5. The summed E-state index contributed by atoms with van der Waals surface area (Å²) >= 11 is 0. The summed E-state index contributed by atoms with van der Waals surface area (Å²) in [4.78, 5) is 20.2. The van der Waals surface area contributed by atoms with E-state index in [4.69, 9.17) is 4.74 Å². The summed E-state index contributed by atoms with van der Waals surface area (Å²) in [5.41, 5.74) is 4.27. The van der Waals surface area contributed by atoms with Crippen molar-refractivity contribution in [2.75, 3.05) is 0 Å². The fraction of sp³-hybridized carbons (Fsp3) is 0.391. The molecule has 3 aromatic rings. The molecule has 0 saturated carbocycles. The van der Waals surface area contributed by atoms with Crippen LogP contribution in [0, 0.1) is 5.41 Å². The second-order valence-corrected chi connectivity index (χ2v) is 9.25. The summed E-state index contributed by atoms with van der Waals surface area (Å²) in [6.07, 6.45) is 1.03. The molecule has 0 unspecified atom stereocenters. The van der Waals surface area contributed by atoms with Crippen LogP contribution in [0.15, 0.2) is 42.5 Å². The third-order valence-electron chi connectivity index (χ3n) is 4.08. The number of hydrogen-bond donors (Lipinski definition) is 1. The summed E-state index contributed by atoms with van der Waals surface area (Å²) in [6.45, 7) is 12.3. The van der Waals surface area contributed by atoms with E-state index in [2.05, 4.69) is 55.0 Å². The van der Waals surface area contributed by atoms with Crippen molar-refractivity contribution >= 4 is 17.0 Å². The average Bonchev–Trinajstić information content (AvgIpc) is 2.95. The number of imidazole rings is 1. The number of nitrogens with one attached hydrogen (secondary N) is 1. The number of aromatic amines is 1. The van der Waals surface area contributed by atoms with Crippen LogP contribution in [0.5, 0.6) is 0 Å². The van der Waals surface area contributed by atoms with Gasteiger partial charge in [0, 0.05) is 5.56 Å². The number of aromatic nitrogens is 2. The molecule has 0 aliphatic carbocycles. The highest BCUT2D eigenvalue weighted by molar-refractivity contribution is 5.94. The van der Waals surface area contributed by atoms with Gasteiger partial charge in [0.2, 0.25) is 0 Å². The lowest BCUT2D eigenvalue weighted by molar-refractivity contribution is 0.00697. The second-order valence-electron chi connectivity index (χ2n) is 9.25. The van der Waals surface area contributed by atoms with Crippen molar-refractivity contribution in [1.29, 1.82) is 0 Å². The molecule has 0 radical (unpaired) electrons. The Hall–Kier alpha value is -2.62. The van der Waals surface area contributed by atoms with Gasteiger partial charge in [0.1, 0.15) is 11.4 Å². The Morgan fingerprint density at radius 3 is 2.26 bits per heavy atom. The average molecular weight is 364 g/mol. The van der Waals surface area contributed by atoms with E-state index in [1.54, 1.807) is 12.1 Å². The summed E-state index contributed by atoms with van der Waals surface area (Å²) in [6, 6.07) is 13.9. The quantitative estimate of drug-likeness (QED) is 0.600. The van der Waals surface area contributed by atoms with Crippen LogP contribution in [0.2, 0.25) is 0 Å². The van der Waals surface area contributed by atoms with Crippen LogP contribution in [-0.2, 0) is 11.2 Å². The van der Waals surface area contributed by atoms with Gasteiger partial charge in [-0.3, -0.25) is 0 Å². The van der Waals surface area contributed by atoms with E-state index >= 15 is 0 Å². The van der Waals surface area contributed by atoms with Crippen LogP contribution in [0.25, 0.3) is 22.4 Å². The molecule has 4 nitrogen and oxygen atoms in total. The largest absolute Gasteiger partial charge is 0.456 e. The molecular weight excluding hydrogens is 336 g/mol. The molecule has 27 heavy (non-hydrogen) atoms. The highest BCUT2D eigenvalue weighted by atomic mass is 16.6. The van der Waals surface area contributed by atoms with Gasteiger partial charge >= 0.3 is 5.97 Å². The van der Waals surface area contributed by atoms with E-state index < -0.39 is 5.60 Å². The molecule has 1 aromatic heterocycles. The molecule has 142 valence electrons. The standard InChI is InChI=1S/C23H28N2O2/c1-22(2,3)14-15-7-9-16(10-8-15)20-24-18-12-11-17(13-19(18)25-20)21(26)27-23(4,5)6/h7-13H,14H2,1-6H3,(H,24,25). The summed E-state index contributed by atoms with van der Waals surface area (Å²) in [5, 5.41) is 0. The van der Waals surface area contributed by atoms with Gasteiger partial charge in [-0.15, -0.1) is 0 Å². The second kappa shape index (κ2) is 6.84. The van der Waals surface area contributed by atoms with Gasteiger partial charge in [0.05, 0.1) is 16.6 Å². The Balaban J connectivity index is 1.85. The minimum atomic E-state index is -0.514. The lowest BCUT2D eigenvalue weighted by Crippen LogP contribution is -2.23. The molecule has 1 heterocycles. The molecule has 4 heteroatoms. The fourth-order valence-electron chi connectivity index (χ4n) is 3.00. The zero-order valence-corrected chi connectivity index (χ0v) is 17.0. The van der Waals surface area contributed by atoms with Crippen molar-refractivity contribution in [3.05, 3.63) is 53.6 Å². The van der Waals surface area contributed by atoms with Crippen LogP contribution in [0.3, 0.4) is 0 Å². The number of nitrogens with zero attached hydrogens (tertiary/aromatic N) is 1. The predicted octanol–water partition coefficient (Wildman–Crippen LogP) is 5.77. The third-order valence-corrected chi connectivity index (χ3v) is 4.08. The molecule has 0 aliphatic rings. The van der Waals surface area contributed by atoms with E-state index in [9.17, 15) is 4.79 Å². The van der Waals surface area contributed by atoms with E-state index in [1.807, 2.05) is 26.8 Å². The number of carbonyl (C=O) groups is 1. The predicted molar refractivity (Wildman–Crippen MR) is 110 cm³/mol. The van der Waals surface area contributed by atoms with Crippen LogP contribution in [0.1, 0.15) is 57.5 Å². The molecule has 0 saturated heterocycles. The molecule has 3 rings (SSSR count). The maximum absolute atomic E-state index is 12.3. The molecule has 2 aromatic carbocycles. The Bertz CT molecular complexity index is 955. The van der Waals surface area contributed by atoms with Gasteiger partial charge in [-0.2, -0.15) is 0 Å².